The zero-order valence-electron chi connectivity index (χ0n) is 71.8. The molecule has 36 heteroatoms. The molecule has 3 heterocycles. The predicted octanol–water partition coefficient (Wildman–Crippen LogP) is 5.09. The number of benzene rings is 2. The lowest BCUT2D eigenvalue weighted by molar-refractivity contribution is -0.198. The number of imide groups is 2. The molecule has 2 aromatic carbocycles. The third-order valence-corrected chi connectivity index (χ3v) is 23.8. The third kappa shape index (κ3) is 29.3. The maximum absolute atomic E-state index is 15.0. The Morgan fingerprint density at radius 3 is 1.94 bits per heavy atom. The number of primary amides is 1. The van der Waals surface area contributed by atoms with Gasteiger partial charge < -0.3 is 81.9 Å². The summed E-state index contributed by atoms with van der Waals surface area (Å²) in [6.07, 6.45) is -1.40. The van der Waals surface area contributed by atoms with E-state index >= 15 is 4.79 Å². The number of hydroxylamine groups is 2. The molecule has 0 aromatic heterocycles. The minimum absolute atomic E-state index is 0.00110. The maximum Gasteiger partial charge on any atom is 0.407 e. The van der Waals surface area contributed by atoms with E-state index in [0.29, 0.717) is 66.2 Å². The molecule has 3 aliphatic heterocycles. The Morgan fingerprint density at radius 1 is 0.697 bits per heavy atom. The molecule has 12 atom stereocenters. The number of hydrogen-bond donors (Lipinski definition) is 9. The van der Waals surface area contributed by atoms with Crippen LogP contribution in [0.1, 0.15) is 186 Å². The molecule has 119 heavy (non-hydrogen) atoms. The van der Waals surface area contributed by atoms with Gasteiger partial charge in [-0.25, -0.2) is 19.2 Å². The molecule has 4 aliphatic rings. The van der Waals surface area contributed by atoms with E-state index in [4.69, 9.17) is 29.5 Å². The number of ketones is 1. The second-order valence-corrected chi connectivity index (χ2v) is 34.0. The van der Waals surface area contributed by atoms with Crippen LogP contribution in [0.4, 0.5) is 20.1 Å². The van der Waals surface area contributed by atoms with Gasteiger partial charge in [-0.2, -0.15) is 0 Å². The number of hydrogen-bond acceptors (Lipinski definition) is 23. The van der Waals surface area contributed by atoms with Crippen molar-refractivity contribution in [2.75, 3.05) is 85.7 Å². The van der Waals surface area contributed by atoms with Crippen molar-refractivity contribution in [3.8, 4) is 0 Å². The van der Waals surface area contributed by atoms with Gasteiger partial charge in [0.15, 0.2) is 5.78 Å². The minimum Gasteiger partial charge on any atom is -0.445 e. The first-order valence-electron chi connectivity index (χ1n) is 41.1. The second-order valence-electron chi connectivity index (χ2n) is 32.8. The van der Waals surface area contributed by atoms with Crippen molar-refractivity contribution in [3.05, 3.63) is 64.7 Å². The third-order valence-electron chi connectivity index (χ3n) is 22.2. The van der Waals surface area contributed by atoms with Crippen molar-refractivity contribution in [2.24, 2.45) is 40.7 Å². The average Bonchev–Trinajstić information content (AvgIpc) is 1.67. The molecule has 1 aliphatic carbocycles. The average molecular weight is 1690 g/mol. The highest BCUT2D eigenvalue weighted by atomic mass is 32.2. The maximum atomic E-state index is 15.0. The topological polar surface area (TPSA) is 458 Å². The molecule has 660 valence electrons. The number of thioether (sulfide) groups is 1. The number of nitrogens with two attached hydrogens (primary N) is 1. The van der Waals surface area contributed by atoms with Gasteiger partial charge in [0.25, 0.3) is 11.8 Å². The highest BCUT2D eigenvalue weighted by Crippen LogP contribution is 2.52. The van der Waals surface area contributed by atoms with Crippen LogP contribution in [0.3, 0.4) is 0 Å². The molecule has 3 saturated heterocycles. The predicted molar refractivity (Wildman–Crippen MR) is 440 cm³/mol. The molecule has 35 nitrogen and oxygen atoms in total. The first-order valence-corrected chi connectivity index (χ1v) is 42.2. The van der Waals surface area contributed by atoms with Crippen LogP contribution in [-0.2, 0) is 87.9 Å². The SMILES string of the molecule is CC[C@H](C)C(C(CC(=O)N1C[C@@H](OC(=O)NCCNC(=O)OCc2ccc(NC(=O)[C@H](CCCNC(N)=O)NC(=O)C(NC(=O)CCCCCN3C(=O)CC(SCC4(CC(=O)ON5C(=O)CCC5=O)CC4)C3=O)C(C)C)cc2)CC1C(OC)C(C)C(=O)NCC(=O)c1ccc(C)cc1C)OC)N(C)C(=O)[C@@H](NC(=O)[C@H](C(C)C)N(C)C)C(C)C. The van der Waals surface area contributed by atoms with E-state index in [2.05, 4.69) is 42.5 Å². The lowest BCUT2D eigenvalue weighted by Gasteiger charge is -2.41. The number of alkyl carbamates (subject to hydrolysis) is 2. The van der Waals surface area contributed by atoms with E-state index in [1.165, 1.54) is 35.8 Å². The highest BCUT2D eigenvalue weighted by Gasteiger charge is 2.50. The molecule has 0 radical (unpaired) electrons. The molecule has 7 unspecified atom stereocenters. The molecule has 0 bridgehead atoms. The van der Waals surface area contributed by atoms with E-state index in [1.807, 2.05) is 67.5 Å². The molecule has 2 aromatic rings. The number of urea groups is 1. The lowest BCUT2D eigenvalue weighted by atomic mass is 9.89. The first kappa shape index (κ1) is 98.0. The van der Waals surface area contributed by atoms with Crippen molar-refractivity contribution in [2.45, 2.75) is 239 Å². The van der Waals surface area contributed by atoms with Crippen molar-refractivity contribution in [1.82, 2.24) is 61.9 Å². The second kappa shape index (κ2) is 46.7. The van der Waals surface area contributed by atoms with Crippen molar-refractivity contribution < 1.29 is 100 Å². The summed E-state index contributed by atoms with van der Waals surface area (Å²) in [4.78, 5) is 224. The number of aryl methyl sites for hydroxylation is 2. The van der Waals surface area contributed by atoms with Crippen LogP contribution in [0, 0.1) is 48.9 Å². The van der Waals surface area contributed by atoms with Crippen LogP contribution >= 0.6 is 11.8 Å². The normalized spacial score (nSPS) is 18.6. The number of likely N-dealkylation sites (tertiary alicyclic amines) is 2. The smallest absolute Gasteiger partial charge is 0.407 e. The quantitative estimate of drug-likeness (QED) is 0.0236. The fraction of sp³-hybridized carbons (Fsp3) is 0.663. The summed E-state index contributed by atoms with van der Waals surface area (Å²) in [7, 11) is 8.08. The number of unbranched alkanes of at least 4 members (excludes halogenated alkanes) is 2. The molecule has 6 rings (SSSR count). The van der Waals surface area contributed by atoms with Gasteiger partial charge >= 0.3 is 24.2 Å². The Bertz CT molecular complexity index is 3890. The number of likely N-dealkylation sites (N-methyl/N-ethyl adjacent to an activating group) is 2. The van der Waals surface area contributed by atoms with E-state index in [0.717, 1.165) is 11.1 Å². The summed E-state index contributed by atoms with van der Waals surface area (Å²) in [5, 5.41) is 21.5. The molecule has 0 spiro atoms. The monoisotopic (exact) mass is 1690 g/mol. The van der Waals surface area contributed by atoms with Crippen molar-refractivity contribution >= 4 is 112 Å². The van der Waals surface area contributed by atoms with E-state index in [1.54, 1.807) is 82.0 Å². The summed E-state index contributed by atoms with van der Waals surface area (Å²) >= 11 is 1.29. The number of carbonyl (C=O) groups excluding carboxylic acids is 16. The molecule has 1 saturated carbocycles. The number of nitrogens with one attached hydrogen (secondary N) is 8. The van der Waals surface area contributed by atoms with Gasteiger partial charge in [-0.15, -0.1) is 16.8 Å². The van der Waals surface area contributed by atoms with Crippen LogP contribution in [0.15, 0.2) is 42.5 Å². The largest absolute Gasteiger partial charge is 0.445 e. The molecule has 10 N–H and O–H groups in total. The van der Waals surface area contributed by atoms with Gasteiger partial charge in [-0.1, -0.05) is 111 Å². The Hall–Kier alpha value is -9.81. The van der Waals surface area contributed by atoms with Gasteiger partial charge in [-0.05, 0) is 119 Å². The molecular formula is C83H126N14O21S. The number of Topliss-reactive ketones (excluding diaryl/α,β-unsaturated/α-hetero) is 1. The van der Waals surface area contributed by atoms with Crippen LogP contribution in [0.25, 0.3) is 0 Å². The van der Waals surface area contributed by atoms with Gasteiger partial charge in [0.1, 0.15) is 30.8 Å². The first-order chi connectivity index (χ1) is 56.2. The van der Waals surface area contributed by atoms with E-state index in [-0.39, 0.29) is 151 Å². The summed E-state index contributed by atoms with van der Waals surface area (Å²) in [5.74, 6) is -7.76. The van der Waals surface area contributed by atoms with Crippen LogP contribution in [0.2, 0.25) is 0 Å². The Labute approximate surface area is 701 Å². The number of ether oxygens (including phenoxy) is 4. The minimum atomic E-state index is -1.16. The Balaban J connectivity index is 0.988. The van der Waals surface area contributed by atoms with Crippen molar-refractivity contribution in [3.63, 3.8) is 0 Å². The summed E-state index contributed by atoms with van der Waals surface area (Å²) in [6, 6.07) is 5.67. The number of carbonyl (C=O) groups is 16. The van der Waals surface area contributed by atoms with Crippen molar-refractivity contribution in [1.29, 1.82) is 0 Å². The van der Waals surface area contributed by atoms with Gasteiger partial charge in [0, 0.05) is 96.6 Å². The lowest BCUT2D eigenvalue weighted by Crippen LogP contribution is -2.59. The summed E-state index contributed by atoms with van der Waals surface area (Å²) < 4.78 is 23.5. The zero-order chi connectivity index (χ0) is 88.3. The number of nitrogens with zero attached hydrogens (tertiary/aromatic N) is 5. The van der Waals surface area contributed by atoms with E-state index < -0.39 is 143 Å². The highest BCUT2D eigenvalue weighted by molar-refractivity contribution is 8.00. The van der Waals surface area contributed by atoms with Crippen LogP contribution < -0.4 is 48.3 Å². The molecule has 4 fully saturated rings. The van der Waals surface area contributed by atoms with Gasteiger partial charge in [0.2, 0.25) is 53.2 Å². The standard InChI is InChI=1S/C83H126N14O21S/c1-17-51(9)72(94(14)79(110)70(48(4)5)92-77(108)71(49(6)7)93(12)13)61(114-15)40-66(102)96-44-56(39-59(96)73(115-16)53(11)74(105)88-43-60(98)57-29-24-50(8)38-52(57)10)117-82(113)87-36-35-86-81(112)116-45-54-25-27-55(28-26-54)89-75(106)58(22-21-34-85-80(84)111)90-76(107)69(47(2)3)91-63(99)23-19-18-20-37-95-67(103)41-62(78(95)109)119-46-83(32-33-83)42-68(104)118-97-64(100)30-31-65(97)101/h24-29,38,47-49,51,53,56,58-59,61-62,69-73H,17-23,30-37,39-46H2,1-16H3,(H,86,112)(H,87,113)(H,88,105)(H,89,106)(H,90,107)(H,91,99)(H,92,108)(H3,84,85,111)/t51-,53?,56-,58-,59?,61?,62?,69?,70-,71-,72?,73?/m0/s1. The fourth-order valence-corrected chi connectivity index (χ4v) is 16.6. The summed E-state index contributed by atoms with van der Waals surface area (Å²) in [5.41, 5.74) is 7.81. The summed E-state index contributed by atoms with van der Waals surface area (Å²) in [6.45, 7) is 19.5. The number of methoxy groups -OCH3 is 2. The zero-order valence-corrected chi connectivity index (χ0v) is 72.6. The molecule has 15 amide bonds. The fourth-order valence-electron chi connectivity index (χ4n) is 15.2. The molecular weight excluding hydrogens is 1560 g/mol. The van der Waals surface area contributed by atoms with E-state index in [9.17, 15) is 71.9 Å². The van der Waals surface area contributed by atoms with Gasteiger partial charge in [0.05, 0.1) is 67.4 Å². The van der Waals surface area contributed by atoms with Gasteiger partial charge in [-0.3, -0.25) is 67.3 Å². The van der Waals surface area contributed by atoms with Crippen LogP contribution in [-0.4, -0.2) is 260 Å². The van der Waals surface area contributed by atoms with Crippen LogP contribution in [0.5, 0.6) is 0 Å². The number of rotatable bonds is 48. The number of amides is 15. The Kier molecular flexibility index (Phi) is 38.4. The Morgan fingerprint density at radius 2 is 1.35 bits per heavy atom. The number of anilines is 1.